The molecule has 0 radical (unpaired) electrons. The molecule has 1 N–H and O–H groups in total. The number of ether oxygens (including phenoxy) is 1. The van der Waals surface area contributed by atoms with Gasteiger partial charge in [0.05, 0.1) is 0 Å². The van der Waals surface area contributed by atoms with Crippen LogP contribution in [0.1, 0.15) is 32.1 Å². The molecule has 16 heavy (non-hydrogen) atoms. The van der Waals surface area contributed by atoms with Gasteiger partial charge >= 0.3 is 0 Å². The first-order valence-electron chi connectivity index (χ1n) is 5.81. The third-order valence-electron chi connectivity index (χ3n) is 3.92. The van der Waals surface area contributed by atoms with Crippen LogP contribution in [-0.2, 0) is 14.8 Å². The minimum absolute atomic E-state index is 0.0689. The Bertz CT molecular complexity index is 357. The van der Waals surface area contributed by atoms with Gasteiger partial charge in [0.2, 0.25) is 10.0 Å². The Morgan fingerprint density at radius 2 is 2.00 bits per heavy atom. The van der Waals surface area contributed by atoms with Crippen molar-refractivity contribution in [3.05, 3.63) is 12.0 Å². The molecule has 0 amide bonds. The highest BCUT2D eigenvalue weighted by molar-refractivity contribution is 7.92. The first-order chi connectivity index (χ1) is 7.58. The van der Waals surface area contributed by atoms with Gasteiger partial charge in [-0.1, -0.05) is 13.0 Å². The minimum atomic E-state index is -3.31. The van der Waals surface area contributed by atoms with Crippen molar-refractivity contribution < 1.29 is 13.2 Å². The van der Waals surface area contributed by atoms with E-state index >= 15 is 0 Å². The molecule has 0 aromatic heterocycles. The Morgan fingerprint density at radius 1 is 1.31 bits per heavy atom. The van der Waals surface area contributed by atoms with Crippen LogP contribution < -0.4 is 4.72 Å². The molecule has 1 unspecified atom stereocenters. The van der Waals surface area contributed by atoms with Crippen LogP contribution in [0.3, 0.4) is 0 Å². The summed E-state index contributed by atoms with van der Waals surface area (Å²) in [5.41, 5.74) is 0.133. The predicted molar refractivity (Wildman–Crippen MR) is 62.4 cm³/mol. The minimum Gasteiger partial charge on any atom is -0.381 e. The Hall–Kier alpha value is -0.390. The number of nitrogens with one attached hydrogen (secondary N) is 1. The fourth-order valence-electron chi connectivity index (χ4n) is 2.95. The molecule has 0 aromatic rings. The fourth-order valence-corrected chi connectivity index (χ4v) is 3.81. The Kier molecular flexibility index (Phi) is 3.37. The molecular weight excluding hydrogens is 226 g/mol. The molecule has 1 heterocycles. The molecule has 1 spiro atoms. The highest BCUT2D eigenvalue weighted by Gasteiger charge is 2.44. The van der Waals surface area contributed by atoms with Crippen molar-refractivity contribution in [1.82, 2.24) is 4.72 Å². The normalized spacial score (nSPS) is 29.4. The molecule has 1 aliphatic carbocycles. The van der Waals surface area contributed by atoms with Crippen LogP contribution in [0.25, 0.3) is 0 Å². The Labute approximate surface area is 97.1 Å². The maximum Gasteiger partial charge on any atom is 0.233 e. The van der Waals surface area contributed by atoms with E-state index in [4.69, 9.17) is 4.74 Å². The largest absolute Gasteiger partial charge is 0.381 e. The van der Waals surface area contributed by atoms with E-state index in [9.17, 15) is 8.42 Å². The van der Waals surface area contributed by atoms with E-state index in [2.05, 4.69) is 11.3 Å². The van der Waals surface area contributed by atoms with Crippen LogP contribution >= 0.6 is 0 Å². The van der Waals surface area contributed by atoms with Crippen molar-refractivity contribution >= 4 is 10.0 Å². The summed E-state index contributed by atoms with van der Waals surface area (Å²) in [5.74, 6) is 0. The first kappa shape index (κ1) is 12.1. The van der Waals surface area contributed by atoms with Crippen molar-refractivity contribution in [1.29, 1.82) is 0 Å². The average molecular weight is 245 g/mol. The van der Waals surface area contributed by atoms with Crippen molar-refractivity contribution in [2.24, 2.45) is 5.41 Å². The number of rotatable bonds is 3. The molecule has 1 saturated heterocycles. The summed E-state index contributed by atoms with van der Waals surface area (Å²) in [7, 11) is -3.31. The van der Waals surface area contributed by atoms with E-state index in [1.807, 2.05) is 0 Å². The second-order valence-corrected chi connectivity index (χ2v) is 6.41. The molecule has 0 bridgehead atoms. The van der Waals surface area contributed by atoms with Gasteiger partial charge < -0.3 is 4.74 Å². The molecule has 2 fully saturated rings. The van der Waals surface area contributed by atoms with E-state index < -0.39 is 10.0 Å². The molecule has 5 heteroatoms. The molecule has 1 aliphatic heterocycles. The zero-order valence-electron chi connectivity index (χ0n) is 9.44. The third kappa shape index (κ3) is 2.31. The highest BCUT2D eigenvalue weighted by Crippen LogP contribution is 2.46. The lowest BCUT2D eigenvalue weighted by molar-refractivity contribution is 0.00806. The lowest BCUT2D eigenvalue weighted by atomic mass is 9.76. The molecule has 2 aliphatic rings. The fraction of sp³-hybridized carbons (Fsp3) is 0.818. The zero-order valence-corrected chi connectivity index (χ0v) is 10.3. The summed E-state index contributed by atoms with van der Waals surface area (Å²) in [6.07, 6.45) is 5.09. The standard InChI is InChI=1S/C11H19NO3S/c1-2-16(13,14)12-10-4-3-5-11(10)6-8-15-9-7-11/h2,10,12H,1,3-9H2. The zero-order chi connectivity index (χ0) is 11.6. The van der Waals surface area contributed by atoms with Crippen LogP contribution in [0.5, 0.6) is 0 Å². The van der Waals surface area contributed by atoms with Crippen LogP contribution in [0, 0.1) is 5.41 Å². The van der Waals surface area contributed by atoms with Crippen LogP contribution in [-0.4, -0.2) is 27.7 Å². The molecule has 0 aromatic carbocycles. The van der Waals surface area contributed by atoms with E-state index in [0.29, 0.717) is 0 Å². The molecule has 2 rings (SSSR count). The van der Waals surface area contributed by atoms with Crippen molar-refractivity contribution in [3.8, 4) is 0 Å². The van der Waals surface area contributed by atoms with Crippen LogP contribution in [0.4, 0.5) is 0 Å². The van der Waals surface area contributed by atoms with E-state index in [-0.39, 0.29) is 11.5 Å². The molecule has 1 saturated carbocycles. The van der Waals surface area contributed by atoms with Gasteiger partial charge in [-0.05, 0) is 31.1 Å². The summed E-state index contributed by atoms with van der Waals surface area (Å²) in [5, 5.41) is 0.998. The van der Waals surface area contributed by atoms with E-state index in [1.54, 1.807) is 0 Å². The SMILES string of the molecule is C=CS(=O)(=O)NC1CCCC12CCOCC2. The number of hydrogen-bond acceptors (Lipinski definition) is 3. The lowest BCUT2D eigenvalue weighted by Crippen LogP contribution is -2.46. The van der Waals surface area contributed by atoms with Gasteiger partial charge in [-0.3, -0.25) is 0 Å². The monoisotopic (exact) mass is 245 g/mol. The lowest BCUT2D eigenvalue weighted by Gasteiger charge is -2.38. The Morgan fingerprint density at radius 3 is 2.62 bits per heavy atom. The van der Waals surface area contributed by atoms with Gasteiger partial charge in [0.25, 0.3) is 0 Å². The van der Waals surface area contributed by atoms with E-state index in [1.165, 1.54) is 0 Å². The summed E-state index contributed by atoms with van der Waals surface area (Å²) < 4.78 is 31.2. The second kappa shape index (κ2) is 4.47. The average Bonchev–Trinajstić information content (AvgIpc) is 2.62. The van der Waals surface area contributed by atoms with Gasteiger partial charge in [-0.15, -0.1) is 0 Å². The summed E-state index contributed by atoms with van der Waals surface area (Å²) in [6, 6.07) is 0.0689. The molecule has 4 nitrogen and oxygen atoms in total. The van der Waals surface area contributed by atoms with Gasteiger partial charge in [-0.25, -0.2) is 13.1 Å². The molecule has 92 valence electrons. The van der Waals surface area contributed by atoms with Crippen molar-refractivity contribution in [2.75, 3.05) is 13.2 Å². The highest BCUT2D eigenvalue weighted by atomic mass is 32.2. The van der Waals surface area contributed by atoms with Crippen molar-refractivity contribution in [2.45, 2.75) is 38.1 Å². The number of sulfonamides is 1. The van der Waals surface area contributed by atoms with E-state index in [0.717, 1.165) is 50.7 Å². The molecular formula is C11H19NO3S. The van der Waals surface area contributed by atoms with Gasteiger partial charge in [0.1, 0.15) is 0 Å². The smallest absolute Gasteiger partial charge is 0.233 e. The second-order valence-electron chi connectivity index (χ2n) is 4.75. The van der Waals surface area contributed by atoms with Crippen LogP contribution in [0.2, 0.25) is 0 Å². The van der Waals surface area contributed by atoms with Gasteiger partial charge in [0, 0.05) is 24.7 Å². The molecule has 1 atom stereocenters. The first-order valence-corrected chi connectivity index (χ1v) is 7.35. The third-order valence-corrected chi connectivity index (χ3v) is 4.97. The van der Waals surface area contributed by atoms with Crippen LogP contribution in [0.15, 0.2) is 12.0 Å². The summed E-state index contributed by atoms with van der Waals surface area (Å²) >= 11 is 0. The quantitative estimate of drug-likeness (QED) is 0.817. The summed E-state index contributed by atoms with van der Waals surface area (Å²) in [6.45, 7) is 4.85. The predicted octanol–water partition coefficient (Wildman–Crippen LogP) is 1.40. The maximum absolute atomic E-state index is 11.5. The number of hydrogen-bond donors (Lipinski definition) is 1. The Balaban J connectivity index is 2.11. The summed E-state index contributed by atoms with van der Waals surface area (Å²) in [4.78, 5) is 0. The van der Waals surface area contributed by atoms with Crippen molar-refractivity contribution in [3.63, 3.8) is 0 Å². The van der Waals surface area contributed by atoms with Gasteiger partial charge in [0.15, 0.2) is 0 Å². The van der Waals surface area contributed by atoms with Gasteiger partial charge in [-0.2, -0.15) is 0 Å². The maximum atomic E-state index is 11.5. The topological polar surface area (TPSA) is 55.4 Å².